The van der Waals surface area contributed by atoms with Crippen LogP contribution in [0.2, 0.25) is 0 Å². The zero-order valence-corrected chi connectivity index (χ0v) is 15.8. The maximum absolute atomic E-state index is 12.4. The van der Waals surface area contributed by atoms with E-state index >= 15 is 0 Å². The number of anilines is 2. The average Bonchev–Trinajstić information content (AvgIpc) is 3.13. The Labute approximate surface area is 167 Å². The maximum atomic E-state index is 12.4. The zero-order chi connectivity index (χ0) is 20.8. The summed E-state index contributed by atoms with van der Waals surface area (Å²) in [6.45, 7) is -0.352. The van der Waals surface area contributed by atoms with E-state index in [-0.39, 0.29) is 18.9 Å². The second-order valence-electron chi connectivity index (χ2n) is 6.39. The Morgan fingerprint density at radius 3 is 2.69 bits per heavy atom. The average molecular weight is 393 g/mol. The molecular weight excluding hydrogens is 374 g/mol. The number of ether oxygens (including phenoxy) is 2. The van der Waals surface area contributed by atoms with Crippen molar-refractivity contribution in [2.75, 3.05) is 30.5 Å². The first-order chi connectivity index (χ1) is 14.0. The molecule has 29 heavy (non-hydrogen) atoms. The number of carbonyl (C=O) groups is 3. The van der Waals surface area contributed by atoms with Gasteiger partial charge in [-0.2, -0.15) is 5.26 Å². The molecule has 0 spiro atoms. The van der Waals surface area contributed by atoms with Crippen LogP contribution in [0.1, 0.15) is 12.0 Å². The highest BCUT2D eigenvalue weighted by Gasteiger charge is 2.37. The highest BCUT2D eigenvalue weighted by Crippen LogP contribution is 2.33. The lowest BCUT2D eigenvalue weighted by atomic mass is 10.1. The van der Waals surface area contributed by atoms with Gasteiger partial charge in [0.05, 0.1) is 30.0 Å². The van der Waals surface area contributed by atoms with E-state index in [4.69, 9.17) is 14.7 Å². The van der Waals surface area contributed by atoms with Crippen LogP contribution in [0.4, 0.5) is 11.4 Å². The van der Waals surface area contributed by atoms with Gasteiger partial charge in [0.15, 0.2) is 6.61 Å². The maximum Gasteiger partial charge on any atom is 0.311 e. The van der Waals surface area contributed by atoms with Crippen LogP contribution >= 0.6 is 0 Å². The van der Waals surface area contributed by atoms with Gasteiger partial charge in [0.2, 0.25) is 5.91 Å². The molecule has 1 fully saturated rings. The smallest absolute Gasteiger partial charge is 0.311 e. The normalized spacial score (nSPS) is 15.5. The van der Waals surface area contributed by atoms with Gasteiger partial charge in [-0.25, -0.2) is 0 Å². The van der Waals surface area contributed by atoms with E-state index in [9.17, 15) is 14.4 Å². The molecule has 1 aliphatic rings. The summed E-state index contributed by atoms with van der Waals surface area (Å²) in [7, 11) is 1.51. The fourth-order valence-electron chi connectivity index (χ4n) is 3.08. The van der Waals surface area contributed by atoms with Crippen molar-refractivity contribution in [3.63, 3.8) is 0 Å². The number of nitriles is 1. The molecule has 0 bridgehead atoms. The lowest BCUT2D eigenvalue weighted by Crippen LogP contribution is -2.28. The Hall–Kier alpha value is -3.86. The number of esters is 1. The van der Waals surface area contributed by atoms with Crippen LogP contribution in [0.5, 0.6) is 5.75 Å². The van der Waals surface area contributed by atoms with Crippen LogP contribution in [0, 0.1) is 17.2 Å². The Morgan fingerprint density at radius 1 is 1.21 bits per heavy atom. The van der Waals surface area contributed by atoms with Crippen molar-refractivity contribution < 1.29 is 23.9 Å². The number of nitrogens with one attached hydrogen (secondary N) is 1. The SMILES string of the molecule is COc1ccccc1N1C[C@H](C(=O)OCC(=O)Nc2ccccc2C#N)CC1=O. The number of hydrogen-bond donors (Lipinski definition) is 1. The van der Waals surface area contributed by atoms with Crippen molar-refractivity contribution in [2.45, 2.75) is 6.42 Å². The molecule has 1 atom stereocenters. The van der Waals surface area contributed by atoms with E-state index in [2.05, 4.69) is 5.32 Å². The van der Waals surface area contributed by atoms with Gasteiger partial charge in [-0.15, -0.1) is 0 Å². The van der Waals surface area contributed by atoms with Gasteiger partial charge in [0, 0.05) is 13.0 Å². The quantitative estimate of drug-likeness (QED) is 0.753. The number of rotatable bonds is 6. The third kappa shape index (κ3) is 4.52. The molecule has 0 unspecified atom stereocenters. The summed E-state index contributed by atoms with van der Waals surface area (Å²) in [5.74, 6) is -1.55. The number of hydrogen-bond acceptors (Lipinski definition) is 6. The van der Waals surface area contributed by atoms with Crippen LogP contribution in [-0.2, 0) is 19.1 Å². The minimum Gasteiger partial charge on any atom is -0.495 e. The first-order valence-electron chi connectivity index (χ1n) is 8.92. The molecule has 1 aliphatic heterocycles. The van der Waals surface area contributed by atoms with Crippen LogP contribution in [0.25, 0.3) is 0 Å². The van der Waals surface area contributed by atoms with E-state index in [0.717, 1.165) is 0 Å². The third-order valence-electron chi connectivity index (χ3n) is 4.50. The Kier molecular flexibility index (Phi) is 6.09. The molecule has 0 saturated carbocycles. The zero-order valence-electron chi connectivity index (χ0n) is 15.8. The summed E-state index contributed by atoms with van der Waals surface area (Å²) in [4.78, 5) is 38.2. The van der Waals surface area contributed by atoms with Gasteiger partial charge in [0.25, 0.3) is 5.91 Å². The summed E-state index contributed by atoms with van der Waals surface area (Å²) in [5.41, 5.74) is 1.23. The predicted molar refractivity (Wildman–Crippen MR) is 104 cm³/mol. The molecule has 8 heteroatoms. The van der Waals surface area contributed by atoms with Crippen molar-refractivity contribution in [1.29, 1.82) is 5.26 Å². The Morgan fingerprint density at radius 2 is 1.93 bits per heavy atom. The van der Waals surface area contributed by atoms with Crippen LogP contribution in [0.3, 0.4) is 0 Å². The van der Waals surface area contributed by atoms with Crippen LogP contribution in [-0.4, -0.2) is 38.0 Å². The molecule has 1 N–H and O–H groups in total. The van der Waals surface area contributed by atoms with Crippen molar-refractivity contribution in [1.82, 2.24) is 0 Å². The second-order valence-corrected chi connectivity index (χ2v) is 6.39. The van der Waals surface area contributed by atoms with Gasteiger partial charge in [-0.1, -0.05) is 24.3 Å². The number of benzene rings is 2. The highest BCUT2D eigenvalue weighted by atomic mass is 16.5. The fraction of sp³-hybridized carbons (Fsp3) is 0.238. The molecule has 8 nitrogen and oxygen atoms in total. The van der Waals surface area contributed by atoms with E-state index in [1.165, 1.54) is 12.0 Å². The monoisotopic (exact) mass is 393 g/mol. The molecule has 0 radical (unpaired) electrons. The summed E-state index contributed by atoms with van der Waals surface area (Å²) in [6.07, 6.45) is -0.00420. The summed E-state index contributed by atoms with van der Waals surface area (Å²) >= 11 is 0. The van der Waals surface area contributed by atoms with E-state index in [0.29, 0.717) is 22.7 Å². The first-order valence-corrected chi connectivity index (χ1v) is 8.92. The molecule has 2 aromatic rings. The lowest BCUT2D eigenvalue weighted by Gasteiger charge is -2.19. The number of amides is 2. The standard InChI is InChI=1S/C21H19N3O5/c1-28-18-9-5-4-8-17(18)24-12-15(10-20(24)26)21(27)29-13-19(25)23-16-7-3-2-6-14(16)11-22/h2-9,15H,10,12-13H2,1H3,(H,23,25)/t15-/m1/s1. The van der Waals surface area contributed by atoms with Gasteiger partial charge in [0.1, 0.15) is 11.8 Å². The third-order valence-corrected chi connectivity index (χ3v) is 4.50. The Balaban J connectivity index is 1.57. The van der Waals surface area contributed by atoms with Crippen LogP contribution in [0.15, 0.2) is 48.5 Å². The van der Waals surface area contributed by atoms with Crippen molar-refractivity contribution in [3.05, 3.63) is 54.1 Å². The molecule has 148 valence electrons. The van der Waals surface area contributed by atoms with Gasteiger partial charge < -0.3 is 19.7 Å². The van der Waals surface area contributed by atoms with E-state index in [1.807, 2.05) is 6.07 Å². The molecule has 0 aromatic heterocycles. The summed E-state index contributed by atoms with van der Waals surface area (Å²) < 4.78 is 10.3. The van der Waals surface area contributed by atoms with Crippen LogP contribution < -0.4 is 15.0 Å². The number of para-hydroxylation sites is 3. The second kappa shape index (κ2) is 8.89. The largest absolute Gasteiger partial charge is 0.495 e. The number of nitrogens with zero attached hydrogens (tertiary/aromatic N) is 2. The first kappa shape index (κ1) is 19.9. The highest BCUT2D eigenvalue weighted by molar-refractivity contribution is 6.01. The van der Waals surface area contributed by atoms with Crippen molar-refractivity contribution >= 4 is 29.2 Å². The number of methoxy groups -OCH3 is 1. The fourth-order valence-corrected chi connectivity index (χ4v) is 3.08. The molecule has 1 heterocycles. The number of carbonyl (C=O) groups excluding carboxylic acids is 3. The van der Waals surface area contributed by atoms with Gasteiger partial charge in [-0.3, -0.25) is 14.4 Å². The molecular formula is C21H19N3O5. The van der Waals surface area contributed by atoms with E-state index in [1.54, 1.807) is 48.5 Å². The molecule has 0 aliphatic carbocycles. The predicted octanol–water partition coefficient (Wildman–Crippen LogP) is 2.10. The minimum atomic E-state index is -0.674. The lowest BCUT2D eigenvalue weighted by molar-refractivity contribution is -0.151. The Bertz CT molecular complexity index is 982. The molecule has 1 saturated heterocycles. The topological polar surface area (TPSA) is 109 Å². The van der Waals surface area contributed by atoms with E-state index < -0.39 is 24.4 Å². The summed E-state index contributed by atoms with van der Waals surface area (Å²) in [6, 6.07) is 15.5. The van der Waals surface area contributed by atoms with Crippen molar-refractivity contribution in [3.8, 4) is 11.8 Å². The molecule has 2 aromatic carbocycles. The van der Waals surface area contributed by atoms with Gasteiger partial charge >= 0.3 is 5.97 Å². The minimum absolute atomic E-state index is 0.00420. The van der Waals surface area contributed by atoms with Crippen molar-refractivity contribution in [2.24, 2.45) is 5.92 Å². The summed E-state index contributed by atoms with van der Waals surface area (Å²) in [5, 5.41) is 11.6. The molecule has 2 amide bonds. The molecule has 3 rings (SSSR count). The van der Waals surface area contributed by atoms with Gasteiger partial charge in [-0.05, 0) is 24.3 Å².